The summed E-state index contributed by atoms with van der Waals surface area (Å²) < 4.78 is 32.4. The molecular formula is C19H22Cl2N2O3S. The molecule has 0 radical (unpaired) electrons. The standard InChI is InChI=1S/C19H22Cl2N2O3S/c1-26-16-7-5-15(6-8-16)9-10-22-11-13-23(14-12-22)27(24,25)19-17(20)3-2-4-18(19)21/h2-8H,9-14H2,1H3. The number of rotatable bonds is 6. The number of sulfonamides is 1. The Labute approximate surface area is 170 Å². The molecule has 8 heteroatoms. The molecule has 0 aliphatic carbocycles. The van der Waals surface area contributed by atoms with Crippen molar-refractivity contribution in [2.75, 3.05) is 39.8 Å². The van der Waals surface area contributed by atoms with Crippen LogP contribution < -0.4 is 4.74 Å². The number of methoxy groups -OCH3 is 1. The molecule has 0 unspecified atom stereocenters. The molecule has 2 aromatic rings. The Bertz CT molecular complexity index is 860. The van der Waals surface area contributed by atoms with Gasteiger partial charge >= 0.3 is 0 Å². The van der Waals surface area contributed by atoms with Gasteiger partial charge in [0.15, 0.2) is 0 Å². The molecule has 3 rings (SSSR count). The molecule has 0 bridgehead atoms. The van der Waals surface area contributed by atoms with E-state index in [-0.39, 0.29) is 14.9 Å². The number of piperazine rings is 1. The molecule has 5 nitrogen and oxygen atoms in total. The lowest BCUT2D eigenvalue weighted by Gasteiger charge is -2.34. The molecule has 0 aromatic heterocycles. The lowest BCUT2D eigenvalue weighted by Crippen LogP contribution is -2.49. The minimum absolute atomic E-state index is 0.0000150. The minimum Gasteiger partial charge on any atom is -0.497 e. The van der Waals surface area contributed by atoms with Crippen LogP contribution in [0.4, 0.5) is 0 Å². The van der Waals surface area contributed by atoms with Gasteiger partial charge in [0.1, 0.15) is 10.6 Å². The van der Waals surface area contributed by atoms with Gasteiger partial charge in [-0.25, -0.2) is 8.42 Å². The van der Waals surface area contributed by atoms with Crippen molar-refractivity contribution in [3.63, 3.8) is 0 Å². The number of halogens is 2. The Hall–Kier alpha value is -1.31. The van der Waals surface area contributed by atoms with Crippen molar-refractivity contribution < 1.29 is 13.2 Å². The van der Waals surface area contributed by atoms with Gasteiger partial charge in [0.25, 0.3) is 0 Å². The lowest BCUT2D eigenvalue weighted by molar-refractivity contribution is 0.190. The van der Waals surface area contributed by atoms with Gasteiger partial charge in [-0.2, -0.15) is 4.31 Å². The Balaban J connectivity index is 1.58. The first kappa shape index (κ1) is 20.4. The highest BCUT2D eigenvalue weighted by Gasteiger charge is 2.31. The summed E-state index contributed by atoms with van der Waals surface area (Å²) >= 11 is 12.2. The van der Waals surface area contributed by atoms with Crippen molar-refractivity contribution in [2.45, 2.75) is 11.3 Å². The first-order valence-corrected chi connectivity index (χ1v) is 10.9. The highest BCUT2D eigenvalue weighted by Crippen LogP contribution is 2.31. The van der Waals surface area contributed by atoms with Gasteiger partial charge in [0.05, 0.1) is 17.2 Å². The summed E-state index contributed by atoms with van der Waals surface area (Å²) in [5.41, 5.74) is 1.23. The Morgan fingerprint density at radius 1 is 0.963 bits per heavy atom. The van der Waals surface area contributed by atoms with E-state index < -0.39 is 10.0 Å². The van der Waals surface area contributed by atoms with Crippen LogP contribution >= 0.6 is 23.2 Å². The number of nitrogens with zero attached hydrogens (tertiary/aromatic N) is 2. The van der Waals surface area contributed by atoms with Gasteiger partial charge in [-0.1, -0.05) is 41.4 Å². The van der Waals surface area contributed by atoms with Crippen molar-refractivity contribution in [1.82, 2.24) is 9.21 Å². The van der Waals surface area contributed by atoms with Crippen LogP contribution in [0.3, 0.4) is 0 Å². The van der Waals surface area contributed by atoms with E-state index in [1.165, 1.54) is 9.87 Å². The fourth-order valence-corrected chi connectivity index (χ4v) is 5.64. The summed E-state index contributed by atoms with van der Waals surface area (Å²) in [6.07, 6.45) is 0.910. The molecule has 1 aliphatic heterocycles. The van der Waals surface area contributed by atoms with Gasteiger partial charge in [-0.15, -0.1) is 0 Å². The zero-order chi connectivity index (χ0) is 19.4. The van der Waals surface area contributed by atoms with E-state index in [0.29, 0.717) is 26.2 Å². The van der Waals surface area contributed by atoms with E-state index in [1.807, 2.05) is 12.1 Å². The monoisotopic (exact) mass is 428 g/mol. The van der Waals surface area contributed by atoms with Crippen molar-refractivity contribution in [2.24, 2.45) is 0 Å². The summed E-state index contributed by atoms with van der Waals surface area (Å²) in [5.74, 6) is 0.843. The summed E-state index contributed by atoms with van der Waals surface area (Å²) in [4.78, 5) is 2.27. The SMILES string of the molecule is COc1ccc(CCN2CCN(S(=O)(=O)c3c(Cl)cccc3Cl)CC2)cc1. The van der Waals surface area contributed by atoms with Gasteiger partial charge < -0.3 is 9.64 Å². The van der Waals surface area contributed by atoms with Crippen molar-refractivity contribution in [1.29, 1.82) is 0 Å². The highest BCUT2D eigenvalue weighted by atomic mass is 35.5. The summed E-state index contributed by atoms with van der Waals surface area (Å²) in [5, 5.41) is 0.314. The maximum absolute atomic E-state index is 12.9. The molecule has 0 spiro atoms. The average Bonchev–Trinajstić information content (AvgIpc) is 2.67. The predicted molar refractivity (Wildman–Crippen MR) is 108 cm³/mol. The van der Waals surface area contributed by atoms with Crippen LogP contribution in [-0.2, 0) is 16.4 Å². The molecular weight excluding hydrogens is 407 g/mol. The van der Waals surface area contributed by atoms with Crippen LogP contribution in [0.25, 0.3) is 0 Å². The summed E-state index contributed by atoms with van der Waals surface area (Å²) in [7, 11) is -2.04. The molecule has 1 saturated heterocycles. The van der Waals surface area contributed by atoms with Gasteiger partial charge in [-0.3, -0.25) is 0 Å². The number of hydrogen-bond donors (Lipinski definition) is 0. The fourth-order valence-electron chi connectivity index (χ4n) is 3.13. The third-order valence-electron chi connectivity index (χ3n) is 4.72. The van der Waals surface area contributed by atoms with Crippen LogP contribution in [0.15, 0.2) is 47.4 Å². The molecule has 1 fully saturated rings. The van der Waals surface area contributed by atoms with E-state index in [4.69, 9.17) is 27.9 Å². The first-order valence-electron chi connectivity index (χ1n) is 8.71. The number of ether oxygens (including phenoxy) is 1. The zero-order valence-corrected chi connectivity index (χ0v) is 17.4. The normalized spacial score (nSPS) is 16.4. The number of hydrogen-bond acceptors (Lipinski definition) is 4. The third-order valence-corrected chi connectivity index (χ3v) is 7.58. The zero-order valence-electron chi connectivity index (χ0n) is 15.1. The lowest BCUT2D eigenvalue weighted by atomic mass is 10.1. The highest BCUT2D eigenvalue weighted by molar-refractivity contribution is 7.89. The average molecular weight is 429 g/mol. The summed E-state index contributed by atoms with van der Waals surface area (Å²) in [6, 6.07) is 12.7. The van der Waals surface area contributed by atoms with Gasteiger partial charge in [0, 0.05) is 32.7 Å². The van der Waals surface area contributed by atoms with Crippen molar-refractivity contribution in [3.05, 3.63) is 58.1 Å². The largest absolute Gasteiger partial charge is 0.497 e. The molecule has 146 valence electrons. The molecule has 1 aliphatic rings. The van der Waals surface area contributed by atoms with E-state index in [0.717, 1.165) is 18.7 Å². The predicted octanol–water partition coefficient (Wildman–Crippen LogP) is 3.55. The van der Waals surface area contributed by atoms with E-state index in [2.05, 4.69) is 17.0 Å². The quantitative estimate of drug-likeness (QED) is 0.705. The van der Waals surface area contributed by atoms with Gasteiger partial charge in [0.2, 0.25) is 10.0 Å². The Morgan fingerprint density at radius 2 is 1.56 bits per heavy atom. The minimum atomic E-state index is -3.69. The smallest absolute Gasteiger partial charge is 0.246 e. The third kappa shape index (κ3) is 4.76. The van der Waals surface area contributed by atoms with E-state index in [9.17, 15) is 8.42 Å². The number of benzene rings is 2. The molecule has 0 saturated carbocycles. The maximum Gasteiger partial charge on any atom is 0.246 e. The Kier molecular flexibility index (Phi) is 6.65. The topological polar surface area (TPSA) is 49.9 Å². The van der Waals surface area contributed by atoms with Crippen LogP contribution in [0.1, 0.15) is 5.56 Å². The molecule has 0 atom stereocenters. The van der Waals surface area contributed by atoms with E-state index in [1.54, 1.807) is 25.3 Å². The van der Waals surface area contributed by atoms with Crippen LogP contribution in [0.2, 0.25) is 10.0 Å². The molecule has 2 aromatic carbocycles. The van der Waals surface area contributed by atoms with Crippen molar-refractivity contribution in [3.8, 4) is 5.75 Å². The maximum atomic E-state index is 12.9. The molecule has 27 heavy (non-hydrogen) atoms. The molecule has 0 amide bonds. The van der Waals surface area contributed by atoms with Crippen LogP contribution in [0.5, 0.6) is 5.75 Å². The molecule has 1 heterocycles. The molecule has 0 N–H and O–H groups in total. The first-order chi connectivity index (χ1) is 12.9. The Morgan fingerprint density at radius 3 is 2.11 bits per heavy atom. The van der Waals surface area contributed by atoms with E-state index >= 15 is 0 Å². The fraction of sp³-hybridized carbons (Fsp3) is 0.368. The summed E-state index contributed by atoms with van der Waals surface area (Å²) in [6.45, 7) is 3.08. The van der Waals surface area contributed by atoms with Crippen LogP contribution in [0, 0.1) is 0 Å². The van der Waals surface area contributed by atoms with Crippen molar-refractivity contribution >= 4 is 33.2 Å². The second kappa shape index (κ2) is 8.80. The van der Waals surface area contributed by atoms with Crippen LogP contribution in [-0.4, -0.2) is 57.5 Å². The second-order valence-corrected chi connectivity index (χ2v) is 9.08. The second-order valence-electron chi connectivity index (χ2n) is 6.39. The van der Waals surface area contributed by atoms with Gasteiger partial charge in [-0.05, 0) is 36.2 Å².